The Kier molecular flexibility index (Phi) is 4.23. The van der Waals surface area contributed by atoms with E-state index in [-0.39, 0.29) is 0 Å². The number of hydrogen-bond donors (Lipinski definition) is 1. The molecule has 4 heteroatoms. The van der Waals surface area contributed by atoms with E-state index >= 15 is 0 Å². The van der Waals surface area contributed by atoms with Gasteiger partial charge in [0.25, 0.3) is 0 Å². The number of nitrogens with one attached hydrogen (secondary N) is 1. The quantitative estimate of drug-likeness (QED) is 0.916. The second-order valence-corrected chi connectivity index (χ2v) is 7.71. The Hall–Kier alpha value is -0.870. The molecule has 0 aliphatic heterocycles. The Morgan fingerprint density at radius 2 is 1.72 bits per heavy atom. The summed E-state index contributed by atoms with van der Waals surface area (Å²) in [5.74, 6) is 0.400. The number of sulfonamides is 1. The van der Waals surface area contributed by atoms with E-state index < -0.39 is 15.6 Å². The maximum Gasteiger partial charge on any atom is 0.241 e. The van der Waals surface area contributed by atoms with Crippen molar-refractivity contribution in [3.63, 3.8) is 0 Å². The topological polar surface area (TPSA) is 46.2 Å². The molecule has 3 nitrogen and oxygen atoms in total. The summed E-state index contributed by atoms with van der Waals surface area (Å²) < 4.78 is 27.0. The first-order chi connectivity index (χ1) is 8.03. The van der Waals surface area contributed by atoms with Gasteiger partial charge < -0.3 is 0 Å². The minimum atomic E-state index is -3.43. The minimum Gasteiger partial charge on any atom is -0.207 e. The standard InChI is InChI=1S/C14H23NO2S/c1-10(2)13-8-7-12(9-11(13)3)18(16,17)15-14(4,5)6/h7-10,15H,1-6H3. The van der Waals surface area contributed by atoms with Crippen molar-refractivity contribution in [2.24, 2.45) is 0 Å². The van der Waals surface area contributed by atoms with Crippen molar-refractivity contribution in [3.8, 4) is 0 Å². The first-order valence-electron chi connectivity index (χ1n) is 6.17. The molecule has 0 aromatic heterocycles. The second kappa shape index (κ2) is 5.02. The van der Waals surface area contributed by atoms with Crippen LogP contribution < -0.4 is 4.72 Å². The van der Waals surface area contributed by atoms with Gasteiger partial charge in [-0.3, -0.25) is 0 Å². The molecular formula is C14H23NO2S. The Morgan fingerprint density at radius 1 is 1.17 bits per heavy atom. The van der Waals surface area contributed by atoms with Gasteiger partial charge in [-0.1, -0.05) is 19.9 Å². The third kappa shape index (κ3) is 3.82. The molecule has 1 aromatic carbocycles. The van der Waals surface area contributed by atoms with E-state index in [2.05, 4.69) is 18.6 Å². The van der Waals surface area contributed by atoms with Gasteiger partial charge in [-0.05, 0) is 56.9 Å². The largest absolute Gasteiger partial charge is 0.241 e. The Labute approximate surface area is 111 Å². The van der Waals surface area contributed by atoms with Crippen LogP contribution >= 0.6 is 0 Å². The van der Waals surface area contributed by atoms with Crippen LogP contribution in [0.1, 0.15) is 51.7 Å². The van der Waals surface area contributed by atoms with E-state index in [4.69, 9.17) is 0 Å². The third-order valence-electron chi connectivity index (χ3n) is 2.61. The summed E-state index contributed by atoms with van der Waals surface area (Å²) in [7, 11) is -3.43. The van der Waals surface area contributed by atoms with E-state index in [1.807, 2.05) is 33.8 Å². The smallest absolute Gasteiger partial charge is 0.207 e. The second-order valence-electron chi connectivity index (χ2n) is 6.03. The minimum absolute atomic E-state index is 0.333. The van der Waals surface area contributed by atoms with Crippen LogP contribution in [-0.2, 0) is 10.0 Å². The highest BCUT2D eigenvalue weighted by Gasteiger charge is 2.22. The fourth-order valence-corrected chi connectivity index (χ4v) is 3.43. The summed E-state index contributed by atoms with van der Waals surface area (Å²) >= 11 is 0. The highest BCUT2D eigenvalue weighted by Crippen LogP contribution is 2.22. The summed E-state index contributed by atoms with van der Waals surface area (Å²) in [6.45, 7) is 11.7. The molecule has 0 aliphatic carbocycles. The van der Waals surface area contributed by atoms with Gasteiger partial charge >= 0.3 is 0 Å². The van der Waals surface area contributed by atoms with Crippen molar-refractivity contribution in [2.45, 2.75) is 57.9 Å². The number of rotatable bonds is 3. The average molecular weight is 269 g/mol. The van der Waals surface area contributed by atoms with Crippen LogP contribution in [0.4, 0.5) is 0 Å². The number of benzene rings is 1. The first-order valence-corrected chi connectivity index (χ1v) is 7.66. The van der Waals surface area contributed by atoms with Crippen LogP contribution in [0, 0.1) is 6.92 Å². The maximum atomic E-state index is 12.2. The fourth-order valence-electron chi connectivity index (χ4n) is 1.93. The SMILES string of the molecule is Cc1cc(S(=O)(=O)NC(C)(C)C)ccc1C(C)C. The number of aryl methyl sites for hydroxylation is 1. The Balaban J connectivity index is 3.16. The molecule has 0 radical (unpaired) electrons. The van der Waals surface area contributed by atoms with E-state index in [1.54, 1.807) is 12.1 Å². The monoisotopic (exact) mass is 269 g/mol. The third-order valence-corrected chi connectivity index (χ3v) is 4.37. The molecule has 0 saturated carbocycles. The summed E-state index contributed by atoms with van der Waals surface area (Å²) in [5.41, 5.74) is 1.73. The predicted molar refractivity (Wildman–Crippen MR) is 75.3 cm³/mol. The highest BCUT2D eigenvalue weighted by atomic mass is 32.2. The van der Waals surface area contributed by atoms with Crippen molar-refractivity contribution in [1.82, 2.24) is 4.72 Å². The molecule has 1 aromatic rings. The molecule has 0 atom stereocenters. The molecule has 0 saturated heterocycles. The van der Waals surface area contributed by atoms with Crippen molar-refractivity contribution < 1.29 is 8.42 Å². The molecule has 0 amide bonds. The van der Waals surface area contributed by atoms with Crippen molar-refractivity contribution >= 4 is 10.0 Å². The molecule has 0 unspecified atom stereocenters. The number of hydrogen-bond acceptors (Lipinski definition) is 2. The highest BCUT2D eigenvalue weighted by molar-refractivity contribution is 7.89. The van der Waals surface area contributed by atoms with Gasteiger partial charge in [0.2, 0.25) is 10.0 Å². The van der Waals surface area contributed by atoms with Crippen LogP contribution in [-0.4, -0.2) is 14.0 Å². The lowest BCUT2D eigenvalue weighted by atomic mass is 9.98. The van der Waals surface area contributed by atoms with E-state index in [0.717, 1.165) is 5.56 Å². The van der Waals surface area contributed by atoms with E-state index in [9.17, 15) is 8.42 Å². The van der Waals surface area contributed by atoms with Gasteiger partial charge in [0.15, 0.2) is 0 Å². The average Bonchev–Trinajstić information content (AvgIpc) is 2.12. The van der Waals surface area contributed by atoms with E-state index in [1.165, 1.54) is 5.56 Å². The first kappa shape index (κ1) is 15.2. The zero-order valence-corrected chi connectivity index (χ0v) is 12.9. The molecule has 0 bridgehead atoms. The molecular weight excluding hydrogens is 246 g/mol. The van der Waals surface area contributed by atoms with E-state index in [0.29, 0.717) is 10.8 Å². The molecule has 1 N–H and O–H groups in total. The predicted octanol–water partition coefficient (Wildman–Crippen LogP) is 3.20. The maximum absolute atomic E-state index is 12.2. The molecule has 0 aliphatic rings. The zero-order chi connectivity index (χ0) is 14.1. The van der Waals surface area contributed by atoms with Gasteiger partial charge in [-0.25, -0.2) is 13.1 Å². The van der Waals surface area contributed by atoms with Gasteiger partial charge in [-0.15, -0.1) is 0 Å². The van der Waals surface area contributed by atoms with Crippen LogP contribution in [0.3, 0.4) is 0 Å². The Bertz CT molecular complexity index is 525. The van der Waals surface area contributed by atoms with Gasteiger partial charge in [-0.2, -0.15) is 0 Å². The normalized spacial score (nSPS) is 13.1. The molecule has 18 heavy (non-hydrogen) atoms. The lowest BCUT2D eigenvalue weighted by Gasteiger charge is -2.21. The lowest BCUT2D eigenvalue weighted by molar-refractivity contribution is 0.491. The summed E-state index contributed by atoms with van der Waals surface area (Å²) in [6.07, 6.45) is 0. The van der Waals surface area contributed by atoms with Crippen LogP contribution in [0.2, 0.25) is 0 Å². The van der Waals surface area contributed by atoms with Crippen molar-refractivity contribution in [3.05, 3.63) is 29.3 Å². The zero-order valence-electron chi connectivity index (χ0n) is 12.0. The fraction of sp³-hybridized carbons (Fsp3) is 0.571. The van der Waals surface area contributed by atoms with Gasteiger partial charge in [0.1, 0.15) is 0 Å². The van der Waals surface area contributed by atoms with Crippen molar-refractivity contribution in [2.75, 3.05) is 0 Å². The summed E-state index contributed by atoms with van der Waals surface area (Å²) in [5, 5.41) is 0. The lowest BCUT2D eigenvalue weighted by Crippen LogP contribution is -2.40. The molecule has 0 fully saturated rings. The van der Waals surface area contributed by atoms with Gasteiger partial charge in [0, 0.05) is 5.54 Å². The Morgan fingerprint density at radius 3 is 2.11 bits per heavy atom. The summed E-state index contributed by atoms with van der Waals surface area (Å²) in [4.78, 5) is 0.333. The van der Waals surface area contributed by atoms with Crippen LogP contribution in [0.5, 0.6) is 0 Å². The molecule has 102 valence electrons. The summed E-state index contributed by atoms with van der Waals surface area (Å²) in [6, 6.07) is 5.32. The van der Waals surface area contributed by atoms with Crippen LogP contribution in [0.25, 0.3) is 0 Å². The van der Waals surface area contributed by atoms with Crippen molar-refractivity contribution in [1.29, 1.82) is 0 Å². The molecule has 0 heterocycles. The molecule has 0 spiro atoms. The molecule has 1 rings (SSSR count). The van der Waals surface area contributed by atoms with Gasteiger partial charge in [0.05, 0.1) is 4.90 Å². The van der Waals surface area contributed by atoms with Crippen LogP contribution in [0.15, 0.2) is 23.1 Å².